The Morgan fingerprint density at radius 3 is 2.61 bits per heavy atom. The predicted molar refractivity (Wildman–Crippen MR) is 111 cm³/mol. The van der Waals surface area contributed by atoms with E-state index in [0.717, 1.165) is 5.39 Å². The van der Waals surface area contributed by atoms with Crippen LogP contribution in [0.1, 0.15) is 39.3 Å². The number of carbonyl (C=O) groups is 3. The van der Waals surface area contributed by atoms with Gasteiger partial charge in [-0.25, -0.2) is 4.39 Å². The highest BCUT2D eigenvalue weighted by atomic mass is 19.1. The Kier molecular flexibility index (Phi) is 5.84. The van der Waals surface area contributed by atoms with Crippen LogP contribution < -0.4 is 0 Å². The van der Waals surface area contributed by atoms with Crippen molar-refractivity contribution in [3.05, 3.63) is 71.2 Å². The van der Waals surface area contributed by atoms with Crippen LogP contribution in [0.5, 0.6) is 0 Å². The van der Waals surface area contributed by atoms with Crippen molar-refractivity contribution in [3.63, 3.8) is 0 Å². The molecule has 0 N–H and O–H groups in total. The van der Waals surface area contributed by atoms with Crippen LogP contribution in [-0.4, -0.2) is 42.3 Å². The van der Waals surface area contributed by atoms with Crippen molar-refractivity contribution >= 4 is 28.6 Å². The van der Waals surface area contributed by atoms with E-state index in [1.54, 1.807) is 17.9 Å². The first-order chi connectivity index (χ1) is 14.9. The number of fused-ring (bicyclic) bond motifs is 1. The fourth-order valence-electron chi connectivity index (χ4n) is 3.89. The van der Waals surface area contributed by atoms with Gasteiger partial charge in [0, 0.05) is 29.6 Å². The predicted octanol–water partition coefficient (Wildman–Crippen LogP) is 4.16. The number of nitrogens with zero attached hydrogens (tertiary/aromatic N) is 1. The fraction of sp³-hybridized carbons (Fsp3) is 0.292. The summed E-state index contributed by atoms with van der Waals surface area (Å²) in [6, 6.07) is 12.6. The Bertz CT molecular complexity index is 1130. The van der Waals surface area contributed by atoms with Crippen LogP contribution in [0.25, 0.3) is 11.0 Å². The number of esters is 1. The summed E-state index contributed by atoms with van der Waals surface area (Å²) < 4.78 is 24.0. The van der Waals surface area contributed by atoms with Crippen molar-refractivity contribution in [3.8, 4) is 0 Å². The van der Waals surface area contributed by atoms with Crippen LogP contribution in [0, 0.1) is 18.7 Å². The molecule has 4 rings (SSSR count). The van der Waals surface area contributed by atoms with Gasteiger partial charge in [0.2, 0.25) is 5.78 Å². The highest BCUT2D eigenvalue weighted by Crippen LogP contribution is 2.26. The number of likely N-dealkylation sites (tertiary alicyclic amines) is 1. The zero-order chi connectivity index (χ0) is 22.0. The van der Waals surface area contributed by atoms with E-state index in [-0.39, 0.29) is 18.2 Å². The minimum atomic E-state index is -0.515. The number of benzene rings is 2. The molecule has 0 saturated carbocycles. The number of furan rings is 1. The zero-order valence-electron chi connectivity index (χ0n) is 17.1. The van der Waals surface area contributed by atoms with E-state index in [4.69, 9.17) is 9.15 Å². The third-order valence-corrected chi connectivity index (χ3v) is 5.58. The molecule has 2 heterocycles. The number of carbonyl (C=O) groups excluding carboxylic acids is 3. The molecule has 0 bridgehead atoms. The molecule has 0 spiro atoms. The fourth-order valence-corrected chi connectivity index (χ4v) is 3.89. The monoisotopic (exact) mass is 423 g/mol. The molecule has 1 atom stereocenters. The van der Waals surface area contributed by atoms with E-state index in [2.05, 4.69) is 0 Å². The maximum absolute atomic E-state index is 13.1. The Balaban J connectivity index is 1.36. The first kappa shape index (κ1) is 20.8. The van der Waals surface area contributed by atoms with Crippen LogP contribution >= 0.6 is 0 Å². The van der Waals surface area contributed by atoms with Crippen LogP contribution in [0.3, 0.4) is 0 Å². The molecule has 6 nitrogen and oxygen atoms in total. The average Bonchev–Trinajstić information content (AvgIpc) is 3.14. The highest BCUT2D eigenvalue weighted by molar-refractivity contribution is 6.01. The number of piperidine rings is 1. The third kappa shape index (κ3) is 4.35. The molecule has 3 aromatic rings. The SMILES string of the molecule is Cc1c(C(=O)COC(=O)C2CCCN(C(=O)c3ccc(F)cc3)C2)oc2ccccc12. The average molecular weight is 423 g/mol. The van der Waals surface area contributed by atoms with Crippen molar-refractivity contribution in [1.82, 2.24) is 4.90 Å². The van der Waals surface area contributed by atoms with Crippen LogP contribution in [0.4, 0.5) is 4.39 Å². The number of rotatable bonds is 5. The molecular weight excluding hydrogens is 401 g/mol. The number of aryl methyl sites for hydroxylation is 1. The van der Waals surface area contributed by atoms with E-state index >= 15 is 0 Å². The Labute approximate surface area is 178 Å². The number of ketones is 1. The van der Waals surface area contributed by atoms with Crippen LogP contribution in [0.2, 0.25) is 0 Å². The molecule has 1 unspecified atom stereocenters. The summed E-state index contributed by atoms with van der Waals surface area (Å²) in [6.45, 7) is 2.09. The van der Waals surface area contributed by atoms with Gasteiger partial charge < -0.3 is 14.1 Å². The molecule has 1 amide bonds. The van der Waals surface area contributed by atoms with Crippen molar-refractivity contribution < 1.29 is 27.9 Å². The van der Waals surface area contributed by atoms with E-state index in [0.29, 0.717) is 36.1 Å². The number of para-hydroxylation sites is 1. The first-order valence-electron chi connectivity index (χ1n) is 10.2. The summed E-state index contributed by atoms with van der Waals surface area (Å²) in [5.74, 6) is -1.92. The summed E-state index contributed by atoms with van der Waals surface area (Å²) in [4.78, 5) is 39.3. The van der Waals surface area contributed by atoms with Gasteiger partial charge in [0.1, 0.15) is 11.4 Å². The molecule has 0 aliphatic carbocycles. The second kappa shape index (κ2) is 8.71. The molecule has 1 aliphatic rings. The van der Waals surface area contributed by atoms with Gasteiger partial charge in [0.05, 0.1) is 5.92 Å². The van der Waals surface area contributed by atoms with Gasteiger partial charge >= 0.3 is 5.97 Å². The number of halogens is 1. The van der Waals surface area contributed by atoms with Gasteiger partial charge in [-0.1, -0.05) is 18.2 Å². The molecule has 1 aliphatic heterocycles. The summed E-state index contributed by atoms with van der Waals surface area (Å²) in [6.07, 6.45) is 1.22. The molecule has 7 heteroatoms. The molecule has 1 aromatic heterocycles. The lowest BCUT2D eigenvalue weighted by atomic mass is 9.97. The molecule has 160 valence electrons. The number of Topliss-reactive ketones (excluding diaryl/α,β-unsaturated/α-hetero) is 1. The highest BCUT2D eigenvalue weighted by Gasteiger charge is 2.30. The van der Waals surface area contributed by atoms with Gasteiger partial charge in [-0.2, -0.15) is 0 Å². The molecule has 0 radical (unpaired) electrons. The maximum Gasteiger partial charge on any atom is 0.311 e. The van der Waals surface area contributed by atoms with Crippen molar-refractivity contribution in [2.24, 2.45) is 5.92 Å². The minimum Gasteiger partial charge on any atom is -0.457 e. The second-order valence-corrected chi connectivity index (χ2v) is 7.68. The summed E-state index contributed by atoms with van der Waals surface area (Å²) in [5.41, 5.74) is 1.69. The van der Waals surface area contributed by atoms with E-state index in [1.807, 2.05) is 18.2 Å². The van der Waals surface area contributed by atoms with Gasteiger partial charge in [-0.15, -0.1) is 0 Å². The Hall–Kier alpha value is -3.48. The maximum atomic E-state index is 13.1. The number of hydrogen-bond acceptors (Lipinski definition) is 5. The topological polar surface area (TPSA) is 76.8 Å². The Morgan fingerprint density at radius 2 is 1.87 bits per heavy atom. The third-order valence-electron chi connectivity index (χ3n) is 5.58. The molecule has 2 aromatic carbocycles. The Morgan fingerprint density at radius 1 is 1.13 bits per heavy atom. The molecule has 1 saturated heterocycles. The van der Waals surface area contributed by atoms with Crippen LogP contribution in [-0.2, 0) is 9.53 Å². The van der Waals surface area contributed by atoms with Crippen molar-refractivity contribution in [2.45, 2.75) is 19.8 Å². The van der Waals surface area contributed by atoms with Gasteiger partial charge in [0.15, 0.2) is 12.4 Å². The zero-order valence-corrected chi connectivity index (χ0v) is 17.1. The molecule has 1 fully saturated rings. The largest absolute Gasteiger partial charge is 0.457 e. The van der Waals surface area contributed by atoms with E-state index in [1.165, 1.54) is 24.3 Å². The smallest absolute Gasteiger partial charge is 0.311 e. The van der Waals surface area contributed by atoms with E-state index in [9.17, 15) is 18.8 Å². The lowest BCUT2D eigenvalue weighted by Gasteiger charge is -2.31. The van der Waals surface area contributed by atoms with E-state index < -0.39 is 30.1 Å². The quantitative estimate of drug-likeness (QED) is 0.455. The van der Waals surface area contributed by atoms with Crippen LogP contribution in [0.15, 0.2) is 52.9 Å². The van der Waals surface area contributed by atoms with Gasteiger partial charge in [-0.05, 0) is 50.1 Å². The summed E-state index contributed by atoms with van der Waals surface area (Å²) in [5, 5.41) is 0.847. The number of hydrogen-bond donors (Lipinski definition) is 0. The van der Waals surface area contributed by atoms with Gasteiger partial charge in [0.25, 0.3) is 5.91 Å². The normalized spacial score (nSPS) is 16.3. The van der Waals surface area contributed by atoms with Crippen molar-refractivity contribution in [2.75, 3.05) is 19.7 Å². The summed E-state index contributed by atoms with van der Waals surface area (Å²) in [7, 11) is 0. The number of amides is 1. The second-order valence-electron chi connectivity index (χ2n) is 7.68. The summed E-state index contributed by atoms with van der Waals surface area (Å²) >= 11 is 0. The standard InChI is InChI=1S/C24H22FNO5/c1-15-19-6-2-3-7-21(19)31-22(15)20(27)14-30-24(29)17-5-4-12-26(13-17)23(28)16-8-10-18(25)11-9-16/h2-3,6-11,17H,4-5,12-14H2,1H3. The number of ether oxygens (including phenoxy) is 1. The first-order valence-corrected chi connectivity index (χ1v) is 10.2. The molecular formula is C24H22FNO5. The molecule has 31 heavy (non-hydrogen) atoms. The lowest BCUT2D eigenvalue weighted by molar-refractivity contribution is -0.148. The van der Waals surface area contributed by atoms with Gasteiger partial charge in [-0.3, -0.25) is 14.4 Å². The van der Waals surface area contributed by atoms with Crippen molar-refractivity contribution in [1.29, 1.82) is 0 Å². The minimum absolute atomic E-state index is 0.186. The lowest BCUT2D eigenvalue weighted by Crippen LogP contribution is -2.43.